The number of benzene rings is 1. The second kappa shape index (κ2) is 5.41. The van der Waals surface area contributed by atoms with E-state index in [4.69, 9.17) is 4.74 Å². The van der Waals surface area contributed by atoms with Crippen molar-refractivity contribution in [1.82, 2.24) is 5.32 Å². The number of nitrogens with one attached hydrogen (secondary N) is 1. The van der Waals surface area contributed by atoms with Crippen molar-refractivity contribution in [1.29, 1.82) is 0 Å². The highest BCUT2D eigenvalue weighted by atomic mass is 16.5. The van der Waals surface area contributed by atoms with Crippen LogP contribution in [-0.4, -0.2) is 18.2 Å². The molecule has 1 N–H and O–H groups in total. The second-order valence-electron chi connectivity index (χ2n) is 6.04. The van der Waals surface area contributed by atoms with Crippen LogP contribution in [0, 0.1) is 0 Å². The van der Waals surface area contributed by atoms with Crippen LogP contribution in [-0.2, 0) is 11.2 Å². The van der Waals surface area contributed by atoms with E-state index in [9.17, 15) is 0 Å². The SMILES string of the molecule is CCCc1ccc(C2OCC(C)(C)NC2C)cc1. The largest absolute Gasteiger partial charge is 0.370 e. The zero-order chi connectivity index (χ0) is 13.2. The fourth-order valence-electron chi connectivity index (χ4n) is 2.72. The van der Waals surface area contributed by atoms with E-state index >= 15 is 0 Å². The van der Waals surface area contributed by atoms with Gasteiger partial charge in [-0.25, -0.2) is 0 Å². The molecule has 1 aliphatic heterocycles. The summed E-state index contributed by atoms with van der Waals surface area (Å²) in [5, 5.41) is 3.62. The van der Waals surface area contributed by atoms with Gasteiger partial charge in [0.15, 0.2) is 0 Å². The fraction of sp³-hybridized carbons (Fsp3) is 0.625. The lowest BCUT2D eigenvalue weighted by molar-refractivity contribution is -0.0495. The van der Waals surface area contributed by atoms with Gasteiger partial charge >= 0.3 is 0 Å². The molecule has 0 radical (unpaired) electrons. The number of ether oxygens (including phenoxy) is 1. The minimum Gasteiger partial charge on any atom is -0.370 e. The van der Waals surface area contributed by atoms with E-state index in [1.165, 1.54) is 17.5 Å². The molecule has 1 fully saturated rings. The van der Waals surface area contributed by atoms with Gasteiger partial charge in [0.05, 0.1) is 12.7 Å². The minimum atomic E-state index is 0.0814. The zero-order valence-electron chi connectivity index (χ0n) is 12.0. The molecule has 100 valence electrons. The molecule has 0 spiro atoms. The van der Waals surface area contributed by atoms with Crippen LogP contribution in [0.25, 0.3) is 0 Å². The van der Waals surface area contributed by atoms with Crippen molar-refractivity contribution >= 4 is 0 Å². The third-order valence-electron chi connectivity index (χ3n) is 3.54. The highest BCUT2D eigenvalue weighted by molar-refractivity contribution is 5.25. The molecule has 0 aliphatic carbocycles. The molecule has 1 aliphatic rings. The molecule has 1 aromatic rings. The molecule has 2 rings (SSSR count). The third-order valence-corrected chi connectivity index (χ3v) is 3.54. The van der Waals surface area contributed by atoms with Gasteiger partial charge in [-0.15, -0.1) is 0 Å². The first-order valence-electron chi connectivity index (χ1n) is 7.00. The summed E-state index contributed by atoms with van der Waals surface area (Å²) in [5.41, 5.74) is 2.78. The first-order valence-corrected chi connectivity index (χ1v) is 7.00. The zero-order valence-corrected chi connectivity index (χ0v) is 12.0. The molecule has 1 aromatic carbocycles. The van der Waals surface area contributed by atoms with Gasteiger partial charge < -0.3 is 10.1 Å². The number of hydrogen-bond donors (Lipinski definition) is 1. The van der Waals surface area contributed by atoms with Crippen molar-refractivity contribution in [2.45, 2.75) is 58.2 Å². The third kappa shape index (κ3) is 3.12. The van der Waals surface area contributed by atoms with E-state index in [-0.39, 0.29) is 11.6 Å². The summed E-state index contributed by atoms with van der Waals surface area (Å²) in [6, 6.07) is 9.24. The van der Waals surface area contributed by atoms with Crippen LogP contribution >= 0.6 is 0 Å². The van der Waals surface area contributed by atoms with Crippen molar-refractivity contribution in [3.63, 3.8) is 0 Å². The Bertz CT molecular complexity index is 383. The summed E-state index contributed by atoms with van der Waals surface area (Å²) in [4.78, 5) is 0. The maximum atomic E-state index is 6.03. The summed E-state index contributed by atoms with van der Waals surface area (Å²) < 4.78 is 6.03. The molecule has 18 heavy (non-hydrogen) atoms. The Morgan fingerprint density at radius 1 is 1.28 bits per heavy atom. The maximum absolute atomic E-state index is 6.03. The molecule has 2 nitrogen and oxygen atoms in total. The van der Waals surface area contributed by atoms with Crippen LogP contribution in [0.15, 0.2) is 24.3 Å². The van der Waals surface area contributed by atoms with E-state index in [0.29, 0.717) is 6.04 Å². The Morgan fingerprint density at radius 3 is 2.50 bits per heavy atom. The highest BCUT2D eigenvalue weighted by Crippen LogP contribution is 2.28. The maximum Gasteiger partial charge on any atom is 0.0976 e. The molecular weight excluding hydrogens is 222 g/mol. The van der Waals surface area contributed by atoms with E-state index in [1.54, 1.807) is 0 Å². The number of morpholine rings is 1. The molecule has 1 heterocycles. The van der Waals surface area contributed by atoms with Crippen LogP contribution in [0.5, 0.6) is 0 Å². The molecule has 1 saturated heterocycles. The average Bonchev–Trinajstić information content (AvgIpc) is 2.30. The van der Waals surface area contributed by atoms with Gasteiger partial charge in [-0.05, 0) is 38.3 Å². The molecule has 2 unspecified atom stereocenters. The van der Waals surface area contributed by atoms with E-state index in [1.807, 2.05) is 0 Å². The first-order chi connectivity index (χ1) is 8.52. The molecule has 2 heteroatoms. The van der Waals surface area contributed by atoms with E-state index in [0.717, 1.165) is 13.0 Å². The van der Waals surface area contributed by atoms with Gasteiger partial charge in [-0.3, -0.25) is 0 Å². The van der Waals surface area contributed by atoms with Crippen LogP contribution < -0.4 is 5.32 Å². The minimum absolute atomic E-state index is 0.0814. The average molecular weight is 247 g/mol. The van der Waals surface area contributed by atoms with Crippen LogP contribution in [0.1, 0.15) is 51.3 Å². The van der Waals surface area contributed by atoms with Crippen molar-refractivity contribution in [3.8, 4) is 0 Å². The predicted octanol–water partition coefficient (Wildman–Crippen LogP) is 3.47. The molecular formula is C16H25NO. The lowest BCUT2D eigenvalue weighted by atomic mass is 9.95. The van der Waals surface area contributed by atoms with Gasteiger partial charge in [0.25, 0.3) is 0 Å². The number of rotatable bonds is 3. The second-order valence-corrected chi connectivity index (χ2v) is 6.04. The Morgan fingerprint density at radius 2 is 1.94 bits per heavy atom. The lowest BCUT2D eigenvalue weighted by Crippen LogP contribution is -2.55. The summed E-state index contributed by atoms with van der Waals surface area (Å²) in [5.74, 6) is 0. The number of aryl methyl sites for hydroxylation is 1. The van der Waals surface area contributed by atoms with E-state index < -0.39 is 0 Å². The van der Waals surface area contributed by atoms with Gasteiger partial charge in [0.1, 0.15) is 0 Å². The summed E-state index contributed by atoms with van der Waals surface area (Å²) >= 11 is 0. The molecule has 0 amide bonds. The molecule has 0 bridgehead atoms. The Labute approximate surface area is 111 Å². The monoisotopic (exact) mass is 247 g/mol. The normalized spacial score (nSPS) is 27.1. The van der Waals surface area contributed by atoms with Crippen molar-refractivity contribution in [2.24, 2.45) is 0 Å². The van der Waals surface area contributed by atoms with Crippen LogP contribution in [0.3, 0.4) is 0 Å². The van der Waals surface area contributed by atoms with Crippen molar-refractivity contribution in [3.05, 3.63) is 35.4 Å². The fourth-order valence-corrected chi connectivity index (χ4v) is 2.72. The quantitative estimate of drug-likeness (QED) is 0.883. The lowest BCUT2D eigenvalue weighted by Gasteiger charge is -2.41. The first kappa shape index (κ1) is 13.6. The predicted molar refractivity (Wildman–Crippen MR) is 75.8 cm³/mol. The number of hydrogen-bond acceptors (Lipinski definition) is 2. The van der Waals surface area contributed by atoms with Crippen LogP contribution in [0.2, 0.25) is 0 Å². The van der Waals surface area contributed by atoms with Gasteiger partial charge in [-0.1, -0.05) is 37.6 Å². The highest BCUT2D eigenvalue weighted by Gasteiger charge is 2.33. The van der Waals surface area contributed by atoms with Gasteiger partial charge in [0, 0.05) is 11.6 Å². The molecule has 2 atom stereocenters. The van der Waals surface area contributed by atoms with Crippen LogP contribution in [0.4, 0.5) is 0 Å². The molecule has 0 aromatic heterocycles. The smallest absolute Gasteiger partial charge is 0.0976 e. The Hall–Kier alpha value is -0.860. The van der Waals surface area contributed by atoms with Crippen molar-refractivity contribution in [2.75, 3.05) is 6.61 Å². The van der Waals surface area contributed by atoms with Gasteiger partial charge in [-0.2, -0.15) is 0 Å². The standard InChI is InChI=1S/C16H25NO/c1-5-6-13-7-9-14(10-8-13)15-12(2)17-16(3,4)11-18-15/h7-10,12,15,17H,5-6,11H2,1-4H3. The Kier molecular flexibility index (Phi) is 4.08. The summed E-state index contributed by atoms with van der Waals surface area (Å²) in [6.45, 7) is 9.55. The van der Waals surface area contributed by atoms with Gasteiger partial charge in [0.2, 0.25) is 0 Å². The topological polar surface area (TPSA) is 21.3 Å². The van der Waals surface area contributed by atoms with E-state index in [2.05, 4.69) is 57.3 Å². The molecule has 0 saturated carbocycles. The Balaban J connectivity index is 2.07. The summed E-state index contributed by atoms with van der Waals surface area (Å²) in [6.07, 6.45) is 2.53. The van der Waals surface area contributed by atoms with Crippen molar-refractivity contribution < 1.29 is 4.74 Å². The summed E-state index contributed by atoms with van der Waals surface area (Å²) in [7, 11) is 0.